The number of nitrogens with one attached hydrogen (secondary N) is 2. The molecule has 0 unspecified atom stereocenters. The van der Waals surface area contributed by atoms with Crippen molar-refractivity contribution in [3.63, 3.8) is 0 Å². The molecule has 3 aromatic rings. The third kappa shape index (κ3) is 7.46. The monoisotopic (exact) mass is 611 g/mol. The van der Waals surface area contributed by atoms with Crippen LogP contribution in [0.4, 0.5) is 11.6 Å². The van der Waals surface area contributed by atoms with Crippen LogP contribution >= 0.6 is 23.2 Å². The Morgan fingerprint density at radius 3 is 2.13 bits per heavy atom. The van der Waals surface area contributed by atoms with Gasteiger partial charge in [-0.3, -0.25) is 4.79 Å². The summed E-state index contributed by atoms with van der Waals surface area (Å²) in [5.41, 5.74) is 2.23. The van der Waals surface area contributed by atoms with Crippen LogP contribution in [0.15, 0.2) is 53.4 Å². The largest absolute Gasteiger partial charge is 0.326 e. The summed E-state index contributed by atoms with van der Waals surface area (Å²) in [5, 5.41) is 3.43. The van der Waals surface area contributed by atoms with Crippen LogP contribution in [0, 0.1) is 19.8 Å². The summed E-state index contributed by atoms with van der Waals surface area (Å²) in [4.78, 5) is 21.0. The molecular formula is C25H27Cl2N5O5S2. The van der Waals surface area contributed by atoms with Crippen molar-refractivity contribution in [1.29, 1.82) is 0 Å². The van der Waals surface area contributed by atoms with Crippen LogP contribution in [0.1, 0.15) is 29.8 Å². The molecule has 4 rings (SSSR count). The Kier molecular flexibility index (Phi) is 8.82. The molecule has 10 nitrogen and oxygen atoms in total. The van der Waals surface area contributed by atoms with E-state index in [1.54, 1.807) is 32.0 Å². The second kappa shape index (κ2) is 11.8. The summed E-state index contributed by atoms with van der Waals surface area (Å²) in [6, 6.07) is 12.2. The van der Waals surface area contributed by atoms with Crippen LogP contribution in [0.3, 0.4) is 0 Å². The van der Waals surface area contributed by atoms with E-state index in [1.807, 2.05) is 0 Å². The summed E-state index contributed by atoms with van der Waals surface area (Å²) in [6.45, 7) is 3.91. The van der Waals surface area contributed by atoms with Gasteiger partial charge in [-0.15, -0.1) is 0 Å². The SMILES string of the molecule is Cc1cc(C)nc(NS(=O)(=O)c2ccc(NC(=O)C3CCN(S(=O)(=O)Cc4ccc(Cl)c(Cl)c4)CC3)cc2)n1. The third-order valence-corrected chi connectivity index (χ3v) is 10.1. The van der Waals surface area contributed by atoms with Gasteiger partial charge in [0.25, 0.3) is 10.0 Å². The zero-order valence-corrected chi connectivity index (χ0v) is 24.3. The van der Waals surface area contributed by atoms with Gasteiger partial charge >= 0.3 is 0 Å². The Balaban J connectivity index is 1.32. The highest BCUT2D eigenvalue weighted by atomic mass is 35.5. The van der Waals surface area contributed by atoms with Crippen LogP contribution in [0.2, 0.25) is 10.0 Å². The van der Waals surface area contributed by atoms with Gasteiger partial charge in [0.1, 0.15) is 0 Å². The van der Waals surface area contributed by atoms with E-state index in [9.17, 15) is 21.6 Å². The number of anilines is 2. The molecule has 1 fully saturated rings. The van der Waals surface area contributed by atoms with Gasteiger partial charge in [0.05, 0.1) is 20.7 Å². The lowest BCUT2D eigenvalue weighted by Gasteiger charge is -2.30. The molecule has 1 aliphatic rings. The molecule has 1 saturated heterocycles. The second-order valence-corrected chi connectivity index (χ2v) is 13.7. The highest BCUT2D eigenvalue weighted by molar-refractivity contribution is 7.92. The molecule has 0 aliphatic carbocycles. The number of benzene rings is 2. The van der Waals surface area contributed by atoms with Gasteiger partial charge in [0.2, 0.25) is 21.9 Å². The normalized spacial score (nSPS) is 15.2. The molecular weight excluding hydrogens is 585 g/mol. The molecule has 1 aliphatic heterocycles. The predicted octanol–water partition coefficient (Wildman–Crippen LogP) is 4.38. The molecule has 2 heterocycles. The minimum absolute atomic E-state index is 0.0104. The van der Waals surface area contributed by atoms with Gasteiger partial charge in [0, 0.05) is 36.1 Å². The summed E-state index contributed by atoms with van der Waals surface area (Å²) < 4.78 is 54.9. The first-order valence-corrected chi connectivity index (χ1v) is 15.8. The van der Waals surface area contributed by atoms with Crippen molar-refractivity contribution in [1.82, 2.24) is 14.3 Å². The molecule has 14 heteroatoms. The van der Waals surface area contributed by atoms with E-state index >= 15 is 0 Å². The molecule has 39 heavy (non-hydrogen) atoms. The van der Waals surface area contributed by atoms with Gasteiger partial charge in [-0.2, -0.15) is 0 Å². The maximum absolute atomic E-state index is 12.9. The molecule has 1 amide bonds. The number of aryl methyl sites for hydroxylation is 2. The maximum Gasteiger partial charge on any atom is 0.264 e. The summed E-state index contributed by atoms with van der Waals surface area (Å²) >= 11 is 11.9. The van der Waals surface area contributed by atoms with E-state index in [0.717, 1.165) is 0 Å². The first-order chi connectivity index (χ1) is 18.3. The van der Waals surface area contributed by atoms with Gasteiger partial charge in [0.15, 0.2) is 0 Å². The topological polar surface area (TPSA) is 138 Å². The number of hydrogen-bond acceptors (Lipinski definition) is 7. The molecule has 0 atom stereocenters. The lowest BCUT2D eigenvalue weighted by molar-refractivity contribution is -0.120. The smallest absolute Gasteiger partial charge is 0.264 e. The van der Waals surface area contributed by atoms with Crippen LogP contribution in [-0.2, 0) is 30.6 Å². The first kappa shape index (κ1) is 29.2. The number of nitrogens with zero attached hydrogens (tertiary/aromatic N) is 3. The Hall–Kier alpha value is -2.77. The molecule has 0 spiro atoms. The van der Waals surface area contributed by atoms with Crippen molar-refractivity contribution in [3.05, 3.63) is 75.5 Å². The number of carbonyl (C=O) groups is 1. The molecule has 2 N–H and O–H groups in total. The van der Waals surface area contributed by atoms with E-state index in [1.165, 1.54) is 34.6 Å². The molecule has 0 radical (unpaired) electrons. The number of sulfonamides is 2. The summed E-state index contributed by atoms with van der Waals surface area (Å²) in [6.07, 6.45) is 0.720. The van der Waals surface area contributed by atoms with E-state index in [4.69, 9.17) is 23.2 Å². The van der Waals surface area contributed by atoms with Gasteiger partial charge in [-0.25, -0.2) is 35.8 Å². The fourth-order valence-electron chi connectivity index (χ4n) is 4.24. The highest BCUT2D eigenvalue weighted by Crippen LogP contribution is 2.27. The number of amides is 1. The highest BCUT2D eigenvalue weighted by Gasteiger charge is 2.31. The molecule has 1 aromatic heterocycles. The third-order valence-electron chi connectivity index (χ3n) is 6.19. The van der Waals surface area contributed by atoms with E-state index < -0.39 is 20.0 Å². The molecule has 0 saturated carbocycles. The first-order valence-electron chi connectivity index (χ1n) is 12.0. The molecule has 208 valence electrons. The van der Waals surface area contributed by atoms with Crippen LogP contribution < -0.4 is 10.0 Å². The Morgan fingerprint density at radius 2 is 1.54 bits per heavy atom. The van der Waals surface area contributed by atoms with Crippen molar-refractivity contribution >= 4 is 60.8 Å². The minimum atomic E-state index is -3.92. The summed E-state index contributed by atoms with van der Waals surface area (Å²) in [7, 11) is -7.52. The maximum atomic E-state index is 12.9. The van der Waals surface area contributed by atoms with Crippen molar-refractivity contribution < 1.29 is 21.6 Å². The number of rotatable bonds is 8. The van der Waals surface area contributed by atoms with E-state index in [0.29, 0.717) is 40.5 Å². The van der Waals surface area contributed by atoms with Gasteiger partial charge in [-0.05, 0) is 74.7 Å². The lowest BCUT2D eigenvalue weighted by atomic mass is 9.97. The number of aromatic nitrogens is 2. The van der Waals surface area contributed by atoms with Crippen molar-refractivity contribution in [3.8, 4) is 0 Å². The zero-order chi connectivity index (χ0) is 28.4. The lowest BCUT2D eigenvalue weighted by Crippen LogP contribution is -2.41. The number of halogens is 2. The van der Waals surface area contributed by atoms with Crippen LogP contribution in [0.5, 0.6) is 0 Å². The van der Waals surface area contributed by atoms with Crippen LogP contribution in [0.25, 0.3) is 0 Å². The Bertz CT molecular complexity index is 1570. The van der Waals surface area contributed by atoms with Gasteiger partial charge in [-0.1, -0.05) is 29.3 Å². The molecule has 0 bridgehead atoms. The Morgan fingerprint density at radius 1 is 0.923 bits per heavy atom. The van der Waals surface area contributed by atoms with Crippen molar-refractivity contribution in [2.75, 3.05) is 23.1 Å². The fourth-order valence-corrected chi connectivity index (χ4v) is 7.06. The zero-order valence-electron chi connectivity index (χ0n) is 21.2. The predicted molar refractivity (Wildman–Crippen MR) is 151 cm³/mol. The fraction of sp³-hybridized carbons (Fsp3) is 0.320. The molecule has 2 aromatic carbocycles. The summed E-state index contributed by atoms with van der Waals surface area (Å²) in [5.74, 6) is -0.863. The Labute approximate surface area is 237 Å². The van der Waals surface area contributed by atoms with Crippen LogP contribution in [-0.4, -0.2) is 50.1 Å². The van der Waals surface area contributed by atoms with Crippen molar-refractivity contribution in [2.24, 2.45) is 5.92 Å². The van der Waals surface area contributed by atoms with Crippen molar-refractivity contribution in [2.45, 2.75) is 37.3 Å². The number of hydrogen-bond donors (Lipinski definition) is 2. The quantitative estimate of drug-likeness (QED) is 0.385. The van der Waals surface area contributed by atoms with Gasteiger partial charge < -0.3 is 5.32 Å². The average molecular weight is 613 g/mol. The second-order valence-electron chi connectivity index (χ2n) is 9.27. The van der Waals surface area contributed by atoms with E-state index in [2.05, 4.69) is 20.0 Å². The minimum Gasteiger partial charge on any atom is -0.326 e. The number of piperidine rings is 1. The standard InChI is InChI=1S/C25H27Cl2N5O5S2/c1-16-13-17(2)29-25(28-16)31-39(36,37)21-6-4-20(5-7-21)30-24(33)19-9-11-32(12-10-19)38(34,35)15-18-3-8-22(26)23(27)14-18/h3-8,13-14,19H,9-12,15H2,1-2H3,(H,30,33)(H,28,29,31). The average Bonchev–Trinajstić information content (AvgIpc) is 2.85. The number of carbonyl (C=O) groups excluding carboxylic acids is 1. The van der Waals surface area contributed by atoms with E-state index in [-0.39, 0.29) is 46.5 Å².